The normalized spacial score (nSPS) is 26.4. The molecule has 1 aromatic rings. The van der Waals surface area contributed by atoms with Gasteiger partial charge >= 0.3 is 0 Å². The van der Waals surface area contributed by atoms with Crippen LogP contribution in [-0.2, 0) is 4.79 Å². The lowest BCUT2D eigenvalue weighted by atomic mass is 9.84. The van der Waals surface area contributed by atoms with Crippen molar-refractivity contribution in [2.24, 2.45) is 5.92 Å². The third-order valence-electron chi connectivity index (χ3n) is 4.34. The van der Waals surface area contributed by atoms with E-state index in [1.807, 2.05) is 0 Å². The SMILES string of the molecule is Cc1cc2c(cc1C)NC1CCCCC1C(=O)N2. The summed E-state index contributed by atoms with van der Waals surface area (Å²) in [5.41, 5.74) is 4.52. The molecule has 1 heterocycles. The lowest BCUT2D eigenvalue weighted by molar-refractivity contribution is -0.120. The summed E-state index contributed by atoms with van der Waals surface area (Å²) in [6.07, 6.45) is 4.51. The molecule has 1 saturated carbocycles. The number of amides is 1. The van der Waals surface area contributed by atoms with Gasteiger partial charge in [-0.15, -0.1) is 0 Å². The number of rotatable bonds is 0. The second-order valence-electron chi connectivity index (χ2n) is 5.61. The average molecular weight is 244 g/mol. The van der Waals surface area contributed by atoms with Crippen LogP contribution in [0.4, 0.5) is 11.4 Å². The summed E-state index contributed by atoms with van der Waals surface area (Å²) < 4.78 is 0. The van der Waals surface area contributed by atoms with E-state index in [0.717, 1.165) is 24.2 Å². The number of anilines is 2. The highest BCUT2D eigenvalue weighted by Crippen LogP contribution is 2.35. The molecule has 18 heavy (non-hydrogen) atoms. The van der Waals surface area contributed by atoms with Gasteiger partial charge in [0.15, 0.2) is 0 Å². The van der Waals surface area contributed by atoms with Crippen molar-refractivity contribution in [3.8, 4) is 0 Å². The average Bonchev–Trinajstić information content (AvgIpc) is 2.48. The predicted octanol–water partition coefficient (Wildman–Crippen LogP) is 3.23. The first-order valence-electron chi connectivity index (χ1n) is 6.84. The predicted molar refractivity (Wildman–Crippen MR) is 73.9 cm³/mol. The van der Waals surface area contributed by atoms with E-state index in [4.69, 9.17) is 0 Å². The van der Waals surface area contributed by atoms with Gasteiger partial charge in [-0.3, -0.25) is 4.79 Å². The third kappa shape index (κ3) is 1.88. The number of nitrogens with one attached hydrogen (secondary N) is 2. The number of benzene rings is 1. The van der Waals surface area contributed by atoms with Crippen LogP contribution >= 0.6 is 0 Å². The number of hydrogen-bond acceptors (Lipinski definition) is 2. The molecule has 1 aromatic carbocycles. The number of aryl methyl sites for hydroxylation is 2. The Morgan fingerprint density at radius 3 is 2.50 bits per heavy atom. The molecule has 3 rings (SSSR count). The van der Waals surface area contributed by atoms with Crippen LogP contribution < -0.4 is 10.6 Å². The minimum Gasteiger partial charge on any atom is -0.380 e. The van der Waals surface area contributed by atoms with Gasteiger partial charge in [0.2, 0.25) is 5.91 Å². The van der Waals surface area contributed by atoms with Crippen molar-refractivity contribution in [1.29, 1.82) is 0 Å². The molecule has 96 valence electrons. The Morgan fingerprint density at radius 2 is 1.72 bits per heavy atom. The lowest BCUT2D eigenvalue weighted by Crippen LogP contribution is -2.37. The summed E-state index contributed by atoms with van der Waals surface area (Å²) in [6.45, 7) is 4.20. The van der Waals surface area contributed by atoms with Crippen LogP contribution in [0.25, 0.3) is 0 Å². The Labute approximate surface area is 108 Å². The first kappa shape index (κ1) is 11.6. The Kier molecular flexibility index (Phi) is 2.77. The van der Waals surface area contributed by atoms with E-state index in [1.165, 1.54) is 24.0 Å². The topological polar surface area (TPSA) is 41.1 Å². The van der Waals surface area contributed by atoms with Gasteiger partial charge in [0.25, 0.3) is 0 Å². The van der Waals surface area contributed by atoms with Crippen LogP contribution in [-0.4, -0.2) is 11.9 Å². The van der Waals surface area contributed by atoms with E-state index in [2.05, 4.69) is 36.6 Å². The summed E-state index contributed by atoms with van der Waals surface area (Å²) >= 11 is 0. The highest BCUT2D eigenvalue weighted by atomic mass is 16.2. The first-order valence-corrected chi connectivity index (χ1v) is 6.84. The fourth-order valence-corrected chi connectivity index (χ4v) is 3.08. The van der Waals surface area contributed by atoms with Crippen molar-refractivity contribution in [2.75, 3.05) is 10.6 Å². The number of carbonyl (C=O) groups excluding carboxylic acids is 1. The molecule has 2 atom stereocenters. The molecular weight excluding hydrogens is 224 g/mol. The Balaban J connectivity index is 2.00. The zero-order chi connectivity index (χ0) is 12.7. The molecule has 0 aromatic heterocycles. The van der Waals surface area contributed by atoms with Gasteiger partial charge in [-0.05, 0) is 49.9 Å². The largest absolute Gasteiger partial charge is 0.380 e. The van der Waals surface area contributed by atoms with E-state index in [-0.39, 0.29) is 11.8 Å². The van der Waals surface area contributed by atoms with Crippen LogP contribution in [0.15, 0.2) is 12.1 Å². The van der Waals surface area contributed by atoms with Crippen molar-refractivity contribution in [2.45, 2.75) is 45.6 Å². The van der Waals surface area contributed by atoms with E-state index in [9.17, 15) is 4.79 Å². The van der Waals surface area contributed by atoms with Gasteiger partial charge in [0.05, 0.1) is 17.3 Å². The Morgan fingerprint density at radius 1 is 1.06 bits per heavy atom. The zero-order valence-corrected chi connectivity index (χ0v) is 11.0. The fourth-order valence-electron chi connectivity index (χ4n) is 3.08. The molecule has 2 N–H and O–H groups in total. The molecule has 1 aliphatic heterocycles. The minimum absolute atomic E-state index is 0.131. The molecule has 1 fully saturated rings. The molecule has 3 heteroatoms. The van der Waals surface area contributed by atoms with Gasteiger partial charge in [-0.1, -0.05) is 12.8 Å². The first-order chi connectivity index (χ1) is 8.65. The molecule has 2 aliphatic rings. The van der Waals surface area contributed by atoms with Crippen molar-refractivity contribution in [3.63, 3.8) is 0 Å². The van der Waals surface area contributed by atoms with E-state index < -0.39 is 0 Å². The lowest BCUT2D eigenvalue weighted by Gasteiger charge is -2.29. The maximum absolute atomic E-state index is 12.3. The van der Waals surface area contributed by atoms with Gasteiger partial charge in [-0.2, -0.15) is 0 Å². The Bertz CT molecular complexity index is 496. The fraction of sp³-hybridized carbons (Fsp3) is 0.533. The summed E-state index contributed by atoms with van der Waals surface area (Å²) in [4.78, 5) is 12.3. The summed E-state index contributed by atoms with van der Waals surface area (Å²) in [5.74, 6) is 0.320. The third-order valence-corrected chi connectivity index (χ3v) is 4.34. The highest BCUT2D eigenvalue weighted by Gasteiger charge is 2.33. The van der Waals surface area contributed by atoms with Crippen molar-refractivity contribution >= 4 is 17.3 Å². The molecule has 3 nitrogen and oxygen atoms in total. The maximum atomic E-state index is 12.3. The highest BCUT2D eigenvalue weighted by molar-refractivity contribution is 5.98. The van der Waals surface area contributed by atoms with Crippen molar-refractivity contribution in [1.82, 2.24) is 0 Å². The molecule has 0 radical (unpaired) electrons. The van der Waals surface area contributed by atoms with Crippen LogP contribution in [0, 0.1) is 19.8 Å². The van der Waals surface area contributed by atoms with Crippen LogP contribution in [0.1, 0.15) is 36.8 Å². The Hall–Kier alpha value is -1.51. The van der Waals surface area contributed by atoms with Crippen molar-refractivity contribution < 1.29 is 4.79 Å². The summed E-state index contributed by atoms with van der Waals surface area (Å²) in [6, 6.07) is 4.54. The van der Waals surface area contributed by atoms with Gasteiger partial charge in [-0.25, -0.2) is 0 Å². The minimum atomic E-state index is 0.131. The van der Waals surface area contributed by atoms with Gasteiger partial charge in [0, 0.05) is 6.04 Å². The zero-order valence-electron chi connectivity index (χ0n) is 11.0. The molecule has 1 aliphatic carbocycles. The molecule has 0 bridgehead atoms. The van der Waals surface area contributed by atoms with Crippen LogP contribution in [0.5, 0.6) is 0 Å². The van der Waals surface area contributed by atoms with E-state index in [1.54, 1.807) is 0 Å². The van der Waals surface area contributed by atoms with Crippen LogP contribution in [0.2, 0.25) is 0 Å². The number of fused-ring (bicyclic) bond motifs is 2. The summed E-state index contributed by atoms with van der Waals surface area (Å²) in [7, 11) is 0. The standard InChI is InChI=1S/C15H20N2O/c1-9-7-13-14(8-10(9)2)17-15(18)11-5-3-4-6-12(11)16-13/h7-8,11-12,16H,3-6H2,1-2H3,(H,17,18). The number of hydrogen-bond donors (Lipinski definition) is 2. The quantitative estimate of drug-likeness (QED) is 0.735. The second kappa shape index (κ2) is 4.30. The number of carbonyl (C=O) groups is 1. The summed E-state index contributed by atoms with van der Waals surface area (Å²) in [5, 5.41) is 6.66. The van der Waals surface area contributed by atoms with E-state index in [0.29, 0.717) is 6.04 Å². The molecule has 1 amide bonds. The maximum Gasteiger partial charge on any atom is 0.229 e. The monoisotopic (exact) mass is 244 g/mol. The molecule has 0 saturated heterocycles. The van der Waals surface area contributed by atoms with Crippen molar-refractivity contribution in [3.05, 3.63) is 23.3 Å². The second-order valence-corrected chi connectivity index (χ2v) is 5.61. The van der Waals surface area contributed by atoms with Gasteiger partial charge in [0.1, 0.15) is 0 Å². The molecular formula is C15H20N2O. The van der Waals surface area contributed by atoms with Gasteiger partial charge < -0.3 is 10.6 Å². The van der Waals surface area contributed by atoms with E-state index >= 15 is 0 Å². The molecule has 2 unspecified atom stereocenters. The smallest absolute Gasteiger partial charge is 0.229 e. The molecule has 0 spiro atoms. The van der Waals surface area contributed by atoms with Crippen LogP contribution in [0.3, 0.4) is 0 Å².